The molecule has 7 heteroatoms. The zero-order chi connectivity index (χ0) is 21.5. The number of aromatic nitrogens is 3. The average Bonchev–Trinajstić information content (AvgIpc) is 2.81. The topological polar surface area (TPSA) is 92.2 Å². The van der Waals surface area contributed by atoms with Crippen LogP contribution in [0, 0.1) is 0 Å². The molecule has 0 bridgehead atoms. The number of benzene rings is 3. The van der Waals surface area contributed by atoms with Gasteiger partial charge in [0.05, 0.1) is 13.7 Å². The van der Waals surface area contributed by atoms with Crippen molar-refractivity contribution in [1.82, 2.24) is 15.0 Å². The van der Waals surface area contributed by atoms with Crippen molar-refractivity contribution in [2.45, 2.75) is 13.0 Å². The number of methoxy groups -OCH3 is 1. The Hall–Kier alpha value is -3.97. The lowest BCUT2D eigenvalue weighted by molar-refractivity contribution is 0.282. The first kappa shape index (κ1) is 20.3. The van der Waals surface area contributed by atoms with Gasteiger partial charge in [-0.1, -0.05) is 42.5 Å². The molecule has 0 saturated heterocycles. The van der Waals surface area contributed by atoms with Crippen LogP contribution in [0.25, 0.3) is 0 Å². The fraction of sp³-hybridized carbons (Fsp3) is 0.125. The van der Waals surface area contributed by atoms with Crippen molar-refractivity contribution in [2.24, 2.45) is 0 Å². The van der Waals surface area contributed by atoms with Gasteiger partial charge in [0.15, 0.2) is 0 Å². The van der Waals surface area contributed by atoms with Crippen LogP contribution in [0.5, 0.6) is 5.75 Å². The quantitative estimate of drug-likeness (QED) is 0.393. The highest BCUT2D eigenvalue weighted by Gasteiger charge is 2.09. The van der Waals surface area contributed by atoms with Crippen LogP contribution >= 0.6 is 0 Å². The minimum atomic E-state index is 0.00316. The van der Waals surface area contributed by atoms with E-state index >= 15 is 0 Å². The monoisotopic (exact) mass is 413 g/mol. The number of anilines is 4. The Labute approximate surface area is 180 Å². The van der Waals surface area contributed by atoms with Crippen LogP contribution in [0.4, 0.5) is 23.3 Å². The summed E-state index contributed by atoms with van der Waals surface area (Å²) in [6, 6.07) is 25.0. The van der Waals surface area contributed by atoms with E-state index in [1.807, 2.05) is 78.9 Å². The highest BCUT2D eigenvalue weighted by atomic mass is 16.5. The number of aliphatic hydroxyl groups excluding tert-OH is 1. The number of hydrogen-bond donors (Lipinski definition) is 3. The van der Waals surface area contributed by atoms with E-state index in [9.17, 15) is 5.11 Å². The number of para-hydroxylation sites is 1. The van der Waals surface area contributed by atoms with Gasteiger partial charge in [0.2, 0.25) is 11.9 Å². The van der Waals surface area contributed by atoms with Gasteiger partial charge in [-0.15, -0.1) is 0 Å². The second kappa shape index (κ2) is 9.69. The summed E-state index contributed by atoms with van der Waals surface area (Å²) in [5.74, 6) is 2.33. The molecule has 0 amide bonds. The third-order valence-corrected chi connectivity index (χ3v) is 4.63. The summed E-state index contributed by atoms with van der Waals surface area (Å²) in [5, 5.41) is 15.7. The van der Waals surface area contributed by atoms with Crippen LogP contribution in [0.15, 0.2) is 78.9 Å². The Bertz CT molecular complexity index is 1050. The van der Waals surface area contributed by atoms with Crippen molar-refractivity contribution in [2.75, 3.05) is 17.7 Å². The molecule has 4 rings (SSSR count). The summed E-state index contributed by atoms with van der Waals surface area (Å²) in [6.45, 7) is 0.00316. The van der Waals surface area contributed by atoms with Crippen molar-refractivity contribution in [1.29, 1.82) is 0 Å². The Morgan fingerprint density at radius 3 is 1.87 bits per heavy atom. The van der Waals surface area contributed by atoms with Crippen molar-refractivity contribution < 1.29 is 9.84 Å². The Kier molecular flexibility index (Phi) is 6.35. The number of hydrogen-bond acceptors (Lipinski definition) is 7. The van der Waals surface area contributed by atoms with Gasteiger partial charge >= 0.3 is 0 Å². The third kappa shape index (κ3) is 5.55. The molecular weight excluding hydrogens is 390 g/mol. The minimum absolute atomic E-state index is 0.00316. The second-order valence-electron chi connectivity index (χ2n) is 6.89. The van der Waals surface area contributed by atoms with Gasteiger partial charge < -0.3 is 20.5 Å². The van der Waals surface area contributed by atoms with E-state index in [1.165, 1.54) is 0 Å². The van der Waals surface area contributed by atoms with E-state index in [0.29, 0.717) is 24.1 Å². The normalized spacial score (nSPS) is 10.5. The standard InChI is InChI=1S/C24H23N5O2/c1-31-21-13-9-17(10-14-21)15-22-27-23(25-19-5-3-2-4-6-19)29-24(28-22)26-20-11-7-18(16-30)8-12-20/h2-14,30H,15-16H2,1H3,(H2,25,26,27,28,29). The Morgan fingerprint density at radius 2 is 1.29 bits per heavy atom. The molecule has 0 spiro atoms. The van der Waals surface area contributed by atoms with Crippen LogP contribution in [0.2, 0.25) is 0 Å². The van der Waals surface area contributed by atoms with Crippen molar-refractivity contribution >= 4 is 23.3 Å². The Balaban J connectivity index is 1.61. The second-order valence-corrected chi connectivity index (χ2v) is 6.89. The smallest absolute Gasteiger partial charge is 0.232 e. The van der Waals surface area contributed by atoms with Crippen LogP contribution in [-0.4, -0.2) is 27.2 Å². The van der Waals surface area contributed by atoms with Crippen LogP contribution in [-0.2, 0) is 13.0 Å². The van der Waals surface area contributed by atoms with Crippen LogP contribution < -0.4 is 15.4 Å². The van der Waals surface area contributed by atoms with Gasteiger partial charge in [-0.05, 0) is 47.5 Å². The van der Waals surface area contributed by atoms with Gasteiger partial charge in [-0.3, -0.25) is 0 Å². The van der Waals surface area contributed by atoms with Gasteiger partial charge in [0, 0.05) is 17.8 Å². The van der Waals surface area contributed by atoms with E-state index in [2.05, 4.69) is 25.6 Å². The van der Waals surface area contributed by atoms with Crippen LogP contribution in [0.1, 0.15) is 17.0 Å². The molecule has 156 valence electrons. The van der Waals surface area contributed by atoms with Crippen molar-refractivity contribution in [3.8, 4) is 5.75 Å². The van der Waals surface area contributed by atoms with Crippen LogP contribution in [0.3, 0.4) is 0 Å². The molecule has 0 radical (unpaired) electrons. The summed E-state index contributed by atoms with van der Waals surface area (Å²) in [7, 11) is 1.65. The zero-order valence-corrected chi connectivity index (χ0v) is 17.1. The fourth-order valence-corrected chi connectivity index (χ4v) is 3.01. The summed E-state index contributed by atoms with van der Waals surface area (Å²) in [4.78, 5) is 13.7. The fourth-order valence-electron chi connectivity index (χ4n) is 3.01. The Morgan fingerprint density at radius 1 is 0.710 bits per heavy atom. The maximum Gasteiger partial charge on any atom is 0.232 e. The first-order chi connectivity index (χ1) is 15.2. The molecule has 3 aromatic carbocycles. The first-order valence-electron chi connectivity index (χ1n) is 9.88. The van der Waals surface area contributed by atoms with Gasteiger partial charge in [0.25, 0.3) is 0 Å². The third-order valence-electron chi connectivity index (χ3n) is 4.63. The minimum Gasteiger partial charge on any atom is -0.497 e. The number of nitrogens with one attached hydrogen (secondary N) is 2. The summed E-state index contributed by atoms with van der Waals surface area (Å²) >= 11 is 0. The van der Waals surface area contributed by atoms with E-state index in [4.69, 9.17) is 4.74 Å². The molecule has 7 nitrogen and oxygen atoms in total. The number of aliphatic hydroxyl groups is 1. The molecule has 0 unspecified atom stereocenters. The molecule has 3 N–H and O–H groups in total. The largest absolute Gasteiger partial charge is 0.497 e. The number of ether oxygens (including phenoxy) is 1. The summed E-state index contributed by atoms with van der Waals surface area (Å²) < 4.78 is 5.23. The van der Waals surface area contributed by atoms with E-state index < -0.39 is 0 Å². The first-order valence-corrected chi connectivity index (χ1v) is 9.88. The lowest BCUT2D eigenvalue weighted by Crippen LogP contribution is -2.08. The lowest BCUT2D eigenvalue weighted by atomic mass is 10.1. The summed E-state index contributed by atoms with van der Waals surface area (Å²) in [5.41, 5.74) is 3.62. The SMILES string of the molecule is COc1ccc(Cc2nc(Nc3ccccc3)nc(Nc3ccc(CO)cc3)n2)cc1. The van der Waals surface area contributed by atoms with Crippen molar-refractivity contribution in [3.05, 3.63) is 95.8 Å². The van der Waals surface area contributed by atoms with Gasteiger partial charge in [0.1, 0.15) is 11.6 Å². The van der Waals surface area contributed by atoms with Gasteiger partial charge in [-0.2, -0.15) is 15.0 Å². The molecule has 1 aromatic heterocycles. The molecular formula is C24H23N5O2. The maximum absolute atomic E-state index is 9.23. The summed E-state index contributed by atoms with van der Waals surface area (Å²) in [6.07, 6.45) is 0.550. The highest BCUT2D eigenvalue weighted by Crippen LogP contribution is 2.20. The maximum atomic E-state index is 9.23. The molecule has 31 heavy (non-hydrogen) atoms. The molecule has 0 fully saturated rings. The molecule has 0 atom stereocenters. The number of rotatable bonds is 8. The highest BCUT2D eigenvalue weighted by molar-refractivity contribution is 5.57. The zero-order valence-electron chi connectivity index (χ0n) is 17.1. The van der Waals surface area contributed by atoms with E-state index in [-0.39, 0.29) is 6.61 Å². The molecule has 1 heterocycles. The van der Waals surface area contributed by atoms with Crippen molar-refractivity contribution in [3.63, 3.8) is 0 Å². The van der Waals surface area contributed by atoms with E-state index in [0.717, 1.165) is 28.3 Å². The average molecular weight is 413 g/mol. The van der Waals surface area contributed by atoms with Gasteiger partial charge in [-0.25, -0.2) is 0 Å². The number of nitrogens with zero attached hydrogens (tertiary/aromatic N) is 3. The molecule has 0 saturated carbocycles. The predicted molar refractivity (Wildman–Crippen MR) is 121 cm³/mol. The van der Waals surface area contributed by atoms with E-state index in [1.54, 1.807) is 7.11 Å². The predicted octanol–water partition coefficient (Wildman–Crippen LogP) is 4.45. The molecule has 0 aliphatic rings. The molecule has 0 aliphatic heterocycles. The molecule has 4 aromatic rings. The lowest BCUT2D eigenvalue weighted by Gasteiger charge is -2.11. The molecule has 0 aliphatic carbocycles.